The van der Waals surface area contributed by atoms with Crippen LogP contribution in [0.3, 0.4) is 0 Å². The molecule has 1 aliphatic carbocycles. The summed E-state index contributed by atoms with van der Waals surface area (Å²) in [5.74, 6) is 0.844. The Morgan fingerprint density at radius 3 is 2.40 bits per heavy atom. The number of aliphatic hydroxyl groups excluding tert-OH is 1. The number of hydrogen-bond acceptors (Lipinski definition) is 2. The zero-order valence-electron chi connectivity index (χ0n) is 13.2. The van der Waals surface area contributed by atoms with Crippen LogP contribution in [0.25, 0.3) is 0 Å². The molecule has 3 atom stereocenters. The van der Waals surface area contributed by atoms with E-state index in [1.165, 1.54) is 12.8 Å². The maximum atomic E-state index is 12.8. The summed E-state index contributed by atoms with van der Waals surface area (Å²) in [4.78, 5) is 14.9. The second kappa shape index (κ2) is 7.44. The number of amides is 1. The predicted molar refractivity (Wildman–Crippen MR) is 81.4 cm³/mol. The molecule has 20 heavy (non-hydrogen) atoms. The van der Waals surface area contributed by atoms with E-state index in [1.54, 1.807) is 0 Å². The van der Waals surface area contributed by atoms with Gasteiger partial charge in [-0.25, -0.2) is 0 Å². The lowest BCUT2D eigenvalue weighted by molar-refractivity contribution is -0.143. The van der Waals surface area contributed by atoms with Crippen LogP contribution in [-0.4, -0.2) is 34.6 Å². The first-order chi connectivity index (χ1) is 9.69. The number of rotatable bonds is 4. The monoisotopic (exact) mass is 281 g/mol. The molecule has 3 nitrogen and oxygen atoms in total. The van der Waals surface area contributed by atoms with Gasteiger partial charge in [0.05, 0.1) is 6.10 Å². The molecule has 0 bridgehead atoms. The smallest absolute Gasteiger partial charge is 0.225 e. The molecule has 1 aliphatic heterocycles. The summed E-state index contributed by atoms with van der Waals surface area (Å²) in [5, 5.41) is 10.3. The van der Waals surface area contributed by atoms with Crippen molar-refractivity contribution in [1.29, 1.82) is 0 Å². The maximum Gasteiger partial charge on any atom is 0.225 e. The molecule has 0 spiro atoms. The molecule has 2 fully saturated rings. The third-order valence-corrected chi connectivity index (χ3v) is 5.44. The second-order valence-electron chi connectivity index (χ2n) is 6.62. The van der Waals surface area contributed by atoms with Crippen LogP contribution in [0.15, 0.2) is 0 Å². The molecule has 3 heteroatoms. The fourth-order valence-electron chi connectivity index (χ4n) is 4.14. The summed E-state index contributed by atoms with van der Waals surface area (Å²) >= 11 is 0. The molecule has 0 aromatic rings. The van der Waals surface area contributed by atoms with Gasteiger partial charge in [0.25, 0.3) is 0 Å². The SMILES string of the molecule is CCC(CC)C(=O)N1CCCCC1C1CCCCC1O. The van der Waals surface area contributed by atoms with Crippen LogP contribution in [0.4, 0.5) is 0 Å². The predicted octanol–water partition coefficient (Wildman–Crippen LogP) is 3.35. The quantitative estimate of drug-likeness (QED) is 0.858. The lowest BCUT2D eigenvalue weighted by Crippen LogP contribution is -2.52. The van der Waals surface area contributed by atoms with Crippen LogP contribution in [0.1, 0.15) is 71.6 Å². The number of hydrogen-bond donors (Lipinski definition) is 1. The van der Waals surface area contributed by atoms with Gasteiger partial charge in [-0.3, -0.25) is 4.79 Å². The lowest BCUT2D eigenvalue weighted by Gasteiger charge is -2.44. The van der Waals surface area contributed by atoms with E-state index in [0.29, 0.717) is 17.9 Å². The molecule has 0 aromatic carbocycles. The first kappa shape index (κ1) is 15.8. The Balaban J connectivity index is 2.09. The molecule has 1 heterocycles. The van der Waals surface area contributed by atoms with E-state index in [-0.39, 0.29) is 12.0 Å². The van der Waals surface area contributed by atoms with Gasteiger partial charge in [0.2, 0.25) is 5.91 Å². The first-order valence-electron chi connectivity index (χ1n) is 8.67. The molecular weight excluding hydrogens is 250 g/mol. The Morgan fingerprint density at radius 1 is 1.10 bits per heavy atom. The standard InChI is InChI=1S/C17H31NO2/c1-3-13(4-2)17(20)18-12-8-7-10-15(18)14-9-5-6-11-16(14)19/h13-16,19H,3-12H2,1-2H3. The fraction of sp³-hybridized carbons (Fsp3) is 0.941. The lowest BCUT2D eigenvalue weighted by atomic mass is 9.77. The van der Waals surface area contributed by atoms with Crippen LogP contribution in [-0.2, 0) is 4.79 Å². The van der Waals surface area contributed by atoms with E-state index in [9.17, 15) is 9.90 Å². The Kier molecular flexibility index (Phi) is 5.88. The fourth-order valence-corrected chi connectivity index (χ4v) is 4.14. The third kappa shape index (κ3) is 3.36. The van der Waals surface area contributed by atoms with Gasteiger partial charge in [0.1, 0.15) is 0 Å². The second-order valence-corrected chi connectivity index (χ2v) is 6.62. The summed E-state index contributed by atoms with van der Waals surface area (Å²) in [7, 11) is 0. The van der Waals surface area contributed by atoms with E-state index in [4.69, 9.17) is 0 Å². The minimum atomic E-state index is -0.191. The number of carbonyl (C=O) groups is 1. The molecule has 1 amide bonds. The van der Waals surface area contributed by atoms with Crippen molar-refractivity contribution >= 4 is 5.91 Å². The number of nitrogens with zero attached hydrogens (tertiary/aromatic N) is 1. The number of aliphatic hydroxyl groups is 1. The van der Waals surface area contributed by atoms with Crippen LogP contribution < -0.4 is 0 Å². The Hall–Kier alpha value is -0.570. The van der Waals surface area contributed by atoms with E-state index >= 15 is 0 Å². The molecule has 0 aromatic heterocycles. The Morgan fingerprint density at radius 2 is 1.75 bits per heavy atom. The Bertz CT molecular complexity index is 314. The Labute approximate surface area is 123 Å². The van der Waals surface area contributed by atoms with Crippen molar-refractivity contribution in [2.75, 3.05) is 6.54 Å². The van der Waals surface area contributed by atoms with Crippen molar-refractivity contribution in [3.63, 3.8) is 0 Å². The molecular formula is C17H31NO2. The summed E-state index contributed by atoms with van der Waals surface area (Å²) < 4.78 is 0. The minimum absolute atomic E-state index is 0.177. The van der Waals surface area contributed by atoms with Crippen molar-refractivity contribution in [3.8, 4) is 0 Å². The van der Waals surface area contributed by atoms with Gasteiger partial charge >= 0.3 is 0 Å². The average molecular weight is 281 g/mol. The highest BCUT2D eigenvalue weighted by molar-refractivity contribution is 5.79. The molecule has 1 saturated heterocycles. The van der Waals surface area contributed by atoms with E-state index in [0.717, 1.165) is 51.5 Å². The molecule has 1 saturated carbocycles. The molecule has 2 rings (SSSR count). The van der Waals surface area contributed by atoms with Crippen molar-refractivity contribution in [2.24, 2.45) is 11.8 Å². The summed E-state index contributed by atoms with van der Waals surface area (Å²) in [6.07, 6.45) is 9.49. The number of likely N-dealkylation sites (tertiary alicyclic amines) is 1. The van der Waals surface area contributed by atoms with Crippen molar-refractivity contribution < 1.29 is 9.90 Å². The zero-order valence-corrected chi connectivity index (χ0v) is 13.2. The van der Waals surface area contributed by atoms with Gasteiger partial charge in [-0.1, -0.05) is 26.7 Å². The highest BCUT2D eigenvalue weighted by Crippen LogP contribution is 2.35. The van der Waals surface area contributed by atoms with Gasteiger partial charge in [0.15, 0.2) is 0 Å². The van der Waals surface area contributed by atoms with E-state index < -0.39 is 0 Å². The molecule has 1 N–H and O–H groups in total. The molecule has 2 aliphatic rings. The summed E-state index contributed by atoms with van der Waals surface area (Å²) in [5.41, 5.74) is 0. The van der Waals surface area contributed by atoms with Gasteiger partial charge in [0, 0.05) is 24.4 Å². The number of carbonyl (C=O) groups excluding carboxylic acids is 1. The normalized spacial score (nSPS) is 31.6. The van der Waals surface area contributed by atoms with E-state index in [2.05, 4.69) is 18.7 Å². The van der Waals surface area contributed by atoms with Crippen molar-refractivity contribution in [1.82, 2.24) is 4.90 Å². The highest BCUT2D eigenvalue weighted by atomic mass is 16.3. The van der Waals surface area contributed by atoms with Gasteiger partial charge in [-0.2, -0.15) is 0 Å². The van der Waals surface area contributed by atoms with Crippen LogP contribution >= 0.6 is 0 Å². The van der Waals surface area contributed by atoms with Gasteiger partial charge in [-0.15, -0.1) is 0 Å². The van der Waals surface area contributed by atoms with Crippen molar-refractivity contribution in [2.45, 2.75) is 83.8 Å². The zero-order chi connectivity index (χ0) is 14.5. The van der Waals surface area contributed by atoms with Gasteiger partial charge < -0.3 is 10.0 Å². The highest BCUT2D eigenvalue weighted by Gasteiger charge is 2.38. The summed E-state index contributed by atoms with van der Waals surface area (Å²) in [6.45, 7) is 5.13. The topological polar surface area (TPSA) is 40.5 Å². The maximum absolute atomic E-state index is 12.8. The van der Waals surface area contributed by atoms with Crippen molar-refractivity contribution in [3.05, 3.63) is 0 Å². The molecule has 3 unspecified atom stereocenters. The molecule has 116 valence electrons. The molecule has 0 radical (unpaired) electrons. The van der Waals surface area contributed by atoms with E-state index in [1.807, 2.05) is 0 Å². The average Bonchev–Trinajstić information content (AvgIpc) is 2.49. The van der Waals surface area contributed by atoms with Crippen LogP contribution in [0.2, 0.25) is 0 Å². The van der Waals surface area contributed by atoms with Crippen LogP contribution in [0, 0.1) is 11.8 Å². The number of piperidine rings is 1. The third-order valence-electron chi connectivity index (χ3n) is 5.44. The minimum Gasteiger partial charge on any atom is -0.393 e. The van der Waals surface area contributed by atoms with Gasteiger partial charge in [-0.05, 0) is 44.9 Å². The van der Waals surface area contributed by atoms with Crippen LogP contribution in [0.5, 0.6) is 0 Å². The summed E-state index contributed by atoms with van der Waals surface area (Å²) in [6, 6.07) is 0.298. The largest absolute Gasteiger partial charge is 0.393 e. The first-order valence-corrected chi connectivity index (χ1v) is 8.67.